The predicted octanol–water partition coefficient (Wildman–Crippen LogP) is 6.68. The summed E-state index contributed by atoms with van der Waals surface area (Å²) < 4.78 is 44.6. The zero-order chi connectivity index (χ0) is 28.4. The number of carbonyl (C=O) groups excluding carboxylic acids is 1. The fourth-order valence-corrected chi connectivity index (χ4v) is 3.98. The van der Waals surface area contributed by atoms with Crippen molar-refractivity contribution in [2.75, 3.05) is 18.5 Å². The lowest BCUT2D eigenvalue weighted by Gasteiger charge is -2.20. The Kier molecular flexibility index (Phi) is 10.6. The van der Waals surface area contributed by atoms with Crippen molar-refractivity contribution < 1.29 is 32.6 Å². The van der Waals surface area contributed by atoms with E-state index in [9.17, 15) is 22.8 Å². The second kappa shape index (κ2) is 13.8. The molecule has 0 radical (unpaired) electrons. The molecule has 1 atom stereocenters. The Labute approximate surface area is 229 Å². The van der Waals surface area contributed by atoms with Crippen LogP contribution in [0.4, 0.5) is 18.9 Å². The van der Waals surface area contributed by atoms with Gasteiger partial charge in [0.25, 0.3) is 5.91 Å². The van der Waals surface area contributed by atoms with Gasteiger partial charge in [0.05, 0.1) is 34.9 Å². The summed E-state index contributed by atoms with van der Waals surface area (Å²) in [5, 5.41) is 14.6. The van der Waals surface area contributed by atoms with Crippen LogP contribution in [0.3, 0.4) is 0 Å². The third kappa shape index (κ3) is 9.17. The van der Waals surface area contributed by atoms with Crippen LogP contribution in [-0.4, -0.2) is 41.2 Å². The molecule has 11 heteroatoms. The largest absolute Gasteiger partial charge is 0.490 e. The van der Waals surface area contributed by atoms with Gasteiger partial charge in [0.1, 0.15) is 12.4 Å². The Hall–Kier alpha value is -3.79. The maximum Gasteiger partial charge on any atom is 0.416 e. The SMILES string of the molecule is CCCC[C@@H](COc1ccc(-c2ccc(C(F)(F)F)cc2Cl)nc1)Nc1ccc(C(=O)NCCC(=O)O)cc1. The van der Waals surface area contributed by atoms with Crippen LogP contribution < -0.4 is 15.4 Å². The minimum absolute atomic E-state index is 0.0378. The number of alkyl halides is 3. The van der Waals surface area contributed by atoms with Crippen molar-refractivity contribution in [2.45, 2.75) is 44.8 Å². The van der Waals surface area contributed by atoms with E-state index in [0.717, 1.165) is 37.1 Å². The summed E-state index contributed by atoms with van der Waals surface area (Å²) in [7, 11) is 0. The van der Waals surface area contributed by atoms with Crippen molar-refractivity contribution in [1.29, 1.82) is 0 Å². The number of benzene rings is 2. The third-order valence-electron chi connectivity index (χ3n) is 5.81. The molecule has 3 N–H and O–H groups in total. The lowest BCUT2D eigenvalue weighted by Crippen LogP contribution is -2.27. The number of ether oxygens (including phenoxy) is 1. The van der Waals surface area contributed by atoms with Crippen molar-refractivity contribution in [1.82, 2.24) is 10.3 Å². The van der Waals surface area contributed by atoms with Crippen molar-refractivity contribution in [3.63, 3.8) is 0 Å². The quantitative estimate of drug-likeness (QED) is 0.215. The normalized spacial score (nSPS) is 12.0. The van der Waals surface area contributed by atoms with Crippen molar-refractivity contribution in [2.24, 2.45) is 0 Å². The molecule has 39 heavy (non-hydrogen) atoms. The minimum atomic E-state index is -4.48. The van der Waals surface area contributed by atoms with E-state index in [4.69, 9.17) is 21.4 Å². The molecule has 1 amide bonds. The summed E-state index contributed by atoms with van der Waals surface area (Å²) in [6.45, 7) is 2.47. The van der Waals surface area contributed by atoms with Gasteiger partial charge in [-0.05, 0) is 55.0 Å². The summed E-state index contributed by atoms with van der Waals surface area (Å²) in [5.74, 6) is -0.828. The molecular weight excluding hydrogens is 535 g/mol. The van der Waals surface area contributed by atoms with Crippen LogP contribution in [0, 0.1) is 0 Å². The van der Waals surface area contributed by atoms with E-state index in [1.807, 2.05) is 0 Å². The number of aromatic nitrogens is 1. The number of halogens is 4. The molecule has 1 heterocycles. The van der Waals surface area contributed by atoms with E-state index in [1.54, 1.807) is 36.4 Å². The molecule has 1 aromatic heterocycles. The van der Waals surface area contributed by atoms with Gasteiger partial charge in [-0.1, -0.05) is 37.4 Å². The first-order valence-corrected chi connectivity index (χ1v) is 12.8. The number of anilines is 1. The molecule has 0 saturated heterocycles. The monoisotopic (exact) mass is 563 g/mol. The predicted molar refractivity (Wildman–Crippen MR) is 143 cm³/mol. The van der Waals surface area contributed by atoms with E-state index >= 15 is 0 Å². The molecule has 0 bridgehead atoms. The average molecular weight is 564 g/mol. The average Bonchev–Trinajstić information content (AvgIpc) is 2.90. The summed E-state index contributed by atoms with van der Waals surface area (Å²) >= 11 is 6.08. The van der Waals surface area contributed by atoms with Crippen LogP contribution in [-0.2, 0) is 11.0 Å². The maximum absolute atomic E-state index is 12.9. The Bertz CT molecular complexity index is 1250. The van der Waals surface area contributed by atoms with E-state index in [2.05, 4.69) is 22.5 Å². The second-order valence-corrected chi connectivity index (χ2v) is 9.25. The second-order valence-electron chi connectivity index (χ2n) is 8.84. The van der Waals surface area contributed by atoms with E-state index in [-0.39, 0.29) is 29.9 Å². The first-order valence-electron chi connectivity index (χ1n) is 12.4. The van der Waals surface area contributed by atoms with Crippen molar-refractivity contribution in [3.8, 4) is 17.0 Å². The van der Waals surface area contributed by atoms with Gasteiger partial charge in [-0.25, -0.2) is 0 Å². The summed E-state index contributed by atoms with van der Waals surface area (Å²) in [5.41, 5.74) is 1.21. The van der Waals surface area contributed by atoms with Gasteiger partial charge in [0.15, 0.2) is 0 Å². The lowest BCUT2D eigenvalue weighted by molar-refractivity contribution is -0.138. The lowest BCUT2D eigenvalue weighted by atomic mass is 10.1. The fourth-order valence-electron chi connectivity index (χ4n) is 3.71. The van der Waals surface area contributed by atoms with Crippen molar-refractivity contribution >= 4 is 29.2 Å². The number of nitrogens with zero attached hydrogens (tertiary/aromatic N) is 1. The van der Waals surface area contributed by atoms with Gasteiger partial charge in [-0.2, -0.15) is 13.2 Å². The van der Waals surface area contributed by atoms with Gasteiger partial charge in [0.2, 0.25) is 0 Å². The zero-order valence-corrected chi connectivity index (χ0v) is 22.0. The zero-order valence-electron chi connectivity index (χ0n) is 21.2. The first kappa shape index (κ1) is 29.8. The topological polar surface area (TPSA) is 101 Å². The molecule has 2 aromatic carbocycles. The number of carbonyl (C=O) groups is 2. The minimum Gasteiger partial charge on any atom is -0.490 e. The Morgan fingerprint density at radius 2 is 1.85 bits per heavy atom. The third-order valence-corrected chi connectivity index (χ3v) is 6.12. The number of unbranched alkanes of at least 4 members (excludes halogenated alkanes) is 1. The van der Waals surface area contributed by atoms with E-state index in [1.165, 1.54) is 12.3 Å². The van der Waals surface area contributed by atoms with Crippen LogP contribution >= 0.6 is 11.6 Å². The number of nitrogens with one attached hydrogen (secondary N) is 2. The van der Waals surface area contributed by atoms with E-state index < -0.39 is 17.7 Å². The molecule has 7 nitrogen and oxygen atoms in total. The highest BCUT2D eigenvalue weighted by Gasteiger charge is 2.31. The molecule has 0 spiro atoms. The number of amides is 1. The van der Waals surface area contributed by atoms with Crippen LogP contribution in [0.2, 0.25) is 5.02 Å². The van der Waals surface area contributed by atoms with E-state index in [0.29, 0.717) is 29.2 Å². The molecule has 0 aliphatic carbocycles. The molecule has 0 saturated carbocycles. The molecule has 0 aliphatic heterocycles. The summed E-state index contributed by atoms with van der Waals surface area (Å²) in [6.07, 6.45) is -0.327. The van der Waals surface area contributed by atoms with Gasteiger partial charge < -0.3 is 20.5 Å². The van der Waals surface area contributed by atoms with Crippen molar-refractivity contribution in [3.05, 3.63) is 76.9 Å². The summed E-state index contributed by atoms with van der Waals surface area (Å²) in [6, 6.07) is 13.3. The molecule has 0 fully saturated rings. The number of carboxylic acid groups (broad SMARTS) is 1. The molecule has 3 rings (SSSR count). The number of aliphatic carboxylic acids is 1. The number of hydrogen-bond acceptors (Lipinski definition) is 5. The number of pyridine rings is 1. The number of carboxylic acids is 1. The first-order chi connectivity index (χ1) is 18.6. The van der Waals surface area contributed by atoms with Gasteiger partial charge in [-0.15, -0.1) is 0 Å². The fraction of sp³-hybridized carbons (Fsp3) is 0.321. The highest BCUT2D eigenvalue weighted by molar-refractivity contribution is 6.33. The molecule has 208 valence electrons. The van der Waals surface area contributed by atoms with Gasteiger partial charge in [-0.3, -0.25) is 14.6 Å². The molecular formula is C28H29ClF3N3O4. The molecule has 0 aliphatic rings. The Balaban J connectivity index is 1.59. The van der Waals surface area contributed by atoms with Crippen LogP contribution in [0.1, 0.15) is 48.5 Å². The van der Waals surface area contributed by atoms with Crippen LogP contribution in [0.25, 0.3) is 11.3 Å². The Morgan fingerprint density at radius 1 is 1.10 bits per heavy atom. The van der Waals surface area contributed by atoms with Crippen LogP contribution in [0.5, 0.6) is 5.75 Å². The molecule has 0 unspecified atom stereocenters. The standard InChI is InChI=1S/C28H29ClF3N3O4/c1-2-3-4-21(35-20-8-5-18(6-9-20)27(38)33-14-13-26(36)37)17-39-22-10-12-25(34-16-22)23-11-7-19(15-24(23)29)28(30,31)32/h5-12,15-16,21,35H,2-4,13-14,17H2,1H3,(H,33,38)(H,36,37)/t21-/m0/s1. The maximum atomic E-state index is 12.9. The number of hydrogen-bond donors (Lipinski definition) is 3. The Morgan fingerprint density at radius 3 is 2.44 bits per heavy atom. The smallest absolute Gasteiger partial charge is 0.416 e. The molecule has 3 aromatic rings. The van der Waals surface area contributed by atoms with Crippen LogP contribution in [0.15, 0.2) is 60.8 Å². The van der Waals surface area contributed by atoms with Gasteiger partial charge in [0, 0.05) is 23.4 Å². The van der Waals surface area contributed by atoms with Gasteiger partial charge >= 0.3 is 12.1 Å². The summed E-state index contributed by atoms with van der Waals surface area (Å²) in [4.78, 5) is 27.0. The highest BCUT2D eigenvalue weighted by atomic mass is 35.5. The highest BCUT2D eigenvalue weighted by Crippen LogP contribution is 2.35. The number of rotatable bonds is 13.